The summed E-state index contributed by atoms with van der Waals surface area (Å²) in [6.07, 6.45) is 6.17. The number of carbonyl (C=O) groups is 1. The fourth-order valence-electron chi connectivity index (χ4n) is 4.50. The van der Waals surface area contributed by atoms with Gasteiger partial charge in [-0.1, -0.05) is 43.5 Å². The van der Waals surface area contributed by atoms with Crippen molar-refractivity contribution in [2.24, 2.45) is 11.8 Å². The number of carbonyl (C=O) groups excluding carboxylic acids is 1. The zero-order chi connectivity index (χ0) is 19.6. The van der Waals surface area contributed by atoms with E-state index >= 15 is 0 Å². The van der Waals surface area contributed by atoms with E-state index in [1.807, 2.05) is 4.90 Å². The molecular formula is C22H26N2O3S. The van der Waals surface area contributed by atoms with Gasteiger partial charge in [0.2, 0.25) is 0 Å². The van der Waals surface area contributed by atoms with Gasteiger partial charge < -0.3 is 4.90 Å². The number of hydrogen-bond acceptors (Lipinski definition) is 3. The number of likely N-dealkylation sites (tertiary alicyclic amines) is 1. The van der Waals surface area contributed by atoms with Gasteiger partial charge >= 0.3 is 0 Å². The van der Waals surface area contributed by atoms with E-state index in [2.05, 4.69) is 4.72 Å². The van der Waals surface area contributed by atoms with Crippen molar-refractivity contribution in [3.8, 4) is 0 Å². The van der Waals surface area contributed by atoms with E-state index in [4.69, 9.17) is 0 Å². The third-order valence-electron chi connectivity index (χ3n) is 5.99. The smallest absolute Gasteiger partial charge is 0.261 e. The average molecular weight is 399 g/mol. The fourth-order valence-corrected chi connectivity index (χ4v) is 5.57. The van der Waals surface area contributed by atoms with Crippen LogP contribution in [-0.2, 0) is 10.0 Å². The molecule has 28 heavy (non-hydrogen) atoms. The van der Waals surface area contributed by atoms with Crippen LogP contribution in [0.5, 0.6) is 0 Å². The van der Waals surface area contributed by atoms with Gasteiger partial charge in [0, 0.05) is 24.3 Å². The molecule has 1 amide bonds. The number of benzene rings is 2. The highest BCUT2D eigenvalue weighted by Gasteiger charge is 2.33. The first-order valence-corrected chi connectivity index (χ1v) is 11.5. The largest absolute Gasteiger partial charge is 0.338 e. The Kier molecular flexibility index (Phi) is 5.40. The molecule has 148 valence electrons. The molecule has 1 aliphatic heterocycles. The maximum atomic E-state index is 13.0. The number of piperidine rings is 1. The number of sulfonamides is 1. The van der Waals surface area contributed by atoms with Gasteiger partial charge in [-0.15, -0.1) is 0 Å². The normalized spacial score (nSPS) is 22.4. The Balaban J connectivity index is 1.48. The summed E-state index contributed by atoms with van der Waals surface area (Å²) in [4.78, 5) is 15.2. The summed E-state index contributed by atoms with van der Waals surface area (Å²) in [5.74, 6) is 1.37. The van der Waals surface area contributed by atoms with Crippen molar-refractivity contribution in [3.63, 3.8) is 0 Å². The maximum absolute atomic E-state index is 13.0. The second-order valence-electron chi connectivity index (χ2n) is 7.84. The van der Waals surface area contributed by atoms with Crippen molar-refractivity contribution in [3.05, 3.63) is 60.2 Å². The van der Waals surface area contributed by atoms with Crippen molar-refractivity contribution < 1.29 is 13.2 Å². The van der Waals surface area contributed by atoms with Gasteiger partial charge in [-0.2, -0.15) is 0 Å². The monoisotopic (exact) mass is 398 g/mol. The third kappa shape index (κ3) is 4.07. The van der Waals surface area contributed by atoms with Gasteiger partial charge in [0.15, 0.2) is 0 Å². The van der Waals surface area contributed by atoms with E-state index < -0.39 is 10.0 Å². The van der Waals surface area contributed by atoms with Crippen LogP contribution in [0.1, 0.15) is 42.5 Å². The van der Waals surface area contributed by atoms with Crippen LogP contribution in [0.3, 0.4) is 0 Å². The molecule has 1 saturated heterocycles. The molecule has 6 heteroatoms. The lowest BCUT2D eigenvalue weighted by Gasteiger charge is -2.41. The van der Waals surface area contributed by atoms with Gasteiger partial charge in [-0.3, -0.25) is 9.52 Å². The summed E-state index contributed by atoms with van der Waals surface area (Å²) in [5.41, 5.74) is 0.935. The topological polar surface area (TPSA) is 66.5 Å². The Morgan fingerprint density at radius 1 is 0.929 bits per heavy atom. The zero-order valence-corrected chi connectivity index (χ0v) is 16.7. The molecule has 0 bridgehead atoms. The molecule has 4 rings (SSSR count). The van der Waals surface area contributed by atoms with Gasteiger partial charge in [0.05, 0.1) is 4.90 Å². The third-order valence-corrected chi connectivity index (χ3v) is 7.39. The van der Waals surface area contributed by atoms with Crippen LogP contribution in [0.15, 0.2) is 59.5 Å². The molecule has 0 aromatic heterocycles. The van der Waals surface area contributed by atoms with E-state index in [1.165, 1.54) is 25.7 Å². The van der Waals surface area contributed by atoms with Crippen LogP contribution in [0.4, 0.5) is 5.69 Å². The lowest BCUT2D eigenvalue weighted by atomic mass is 9.75. The molecule has 5 nitrogen and oxygen atoms in total. The Labute approximate surface area is 166 Å². The van der Waals surface area contributed by atoms with E-state index in [1.54, 1.807) is 54.6 Å². The Morgan fingerprint density at radius 3 is 2.46 bits per heavy atom. The van der Waals surface area contributed by atoms with Gasteiger partial charge in [-0.25, -0.2) is 8.42 Å². The second kappa shape index (κ2) is 7.95. The number of nitrogens with zero attached hydrogens (tertiary/aromatic N) is 1. The summed E-state index contributed by atoms with van der Waals surface area (Å²) in [5, 5.41) is 0. The quantitative estimate of drug-likeness (QED) is 0.842. The summed E-state index contributed by atoms with van der Waals surface area (Å²) in [6, 6.07) is 15.0. The van der Waals surface area contributed by atoms with Crippen molar-refractivity contribution >= 4 is 21.6 Å². The molecule has 2 aromatic rings. The highest BCUT2D eigenvalue weighted by molar-refractivity contribution is 7.92. The van der Waals surface area contributed by atoms with Crippen LogP contribution in [0, 0.1) is 11.8 Å². The molecule has 0 radical (unpaired) electrons. The van der Waals surface area contributed by atoms with Crippen molar-refractivity contribution in [1.82, 2.24) is 4.90 Å². The van der Waals surface area contributed by atoms with Crippen LogP contribution in [0.25, 0.3) is 0 Å². The summed E-state index contributed by atoms with van der Waals surface area (Å²) in [6.45, 7) is 1.61. The minimum atomic E-state index is -3.67. The summed E-state index contributed by atoms with van der Waals surface area (Å²) in [7, 11) is -3.67. The van der Waals surface area contributed by atoms with Gasteiger partial charge in [0.25, 0.3) is 15.9 Å². The average Bonchev–Trinajstić information content (AvgIpc) is 2.73. The molecule has 2 aromatic carbocycles. The molecule has 1 N–H and O–H groups in total. The van der Waals surface area contributed by atoms with Crippen LogP contribution in [-0.4, -0.2) is 32.3 Å². The summed E-state index contributed by atoms with van der Waals surface area (Å²) >= 11 is 0. The molecule has 2 fully saturated rings. The second-order valence-corrected chi connectivity index (χ2v) is 9.53. The lowest BCUT2D eigenvalue weighted by Crippen LogP contribution is -2.44. The standard InChI is InChI=1S/C22H26N2O3S/c25-22(24-14-13-17-7-4-5-8-19(17)16-24)18-9-6-10-20(15-18)23-28(26,27)21-11-2-1-3-12-21/h1-3,6,9-12,15,17,19,23H,4-5,7-8,13-14,16H2/t17-,19+/m0/s1. The number of fused-ring (bicyclic) bond motifs is 1. The van der Waals surface area contributed by atoms with E-state index in [0.29, 0.717) is 17.2 Å². The number of amides is 1. The predicted molar refractivity (Wildman–Crippen MR) is 110 cm³/mol. The number of hydrogen-bond donors (Lipinski definition) is 1. The zero-order valence-electron chi connectivity index (χ0n) is 15.9. The Morgan fingerprint density at radius 2 is 1.68 bits per heavy atom. The minimum absolute atomic E-state index is 0.00946. The molecule has 2 atom stereocenters. The minimum Gasteiger partial charge on any atom is -0.338 e. The molecule has 1 saturated carbocycles. The molecule has 1 aliphatic carbocycles. The number of nitrogens with one attached hydrogen (secondary N) is 1. The Bertz CT molecular complexity index is 943. The van der Waals surface area contributed by atoms with Gasteiger partial charge in [0.1, 0.15) is 0 Å². The van der Waals surface area contributed by atoms with E-state index in [0.717, 1.165) is 25.4 Å². The molecule has 1 heterocycles. The van der Waals surface area contributed by atoms with Crippen molar-refractivity contribution in [2.75, 3.05) is 17.8 Å². The molecular weight excluding hydrogens is 372 g/mol. The summed E-state index contributed by atoms with van der Waals surface area (Å²) < 4.78 is 27.7. The van der Waals surface area contributed by atoms with Crippen LogP contribution >= 0.6 is 0 Å². The van der Waals surface area contributed by atoms with Crippen LogP contribution < -0.4 is 4.72 Å². The predicted octanol–water partition coefficient (Wildman–Crippen LogP) is 4.14. The van der Waals surface area contributed by atoms with E-state index in [-0.39, 0.29) is 10.8 Å². The number of rotatable bonds is 4. The first kappa shape index (κ1) is 19.0. The van der Waals surface area contributed by atoms with Crippen LogP contribution in [0.2, 0.25) is 0 Å². The highest BCUT2D eigenvalue weighted by atomic mass is 32.2. The maximum Gasteiger partial charge on any atom is 0.261 e. The van der Waals surface area contributed by atoms with Crippen molar-refractivity contribution in [2.45, 2.75) is 37.0 Å². The molecule has 0 spiro atoms. The van der Waals surface area contributed by atoms with E-state index in [9.17, 15) is 13.2 Å². The first-order chi connectivity index (χ1) is 13.5. The number of anilines is 1. The molecule has 2 aliphatic rings. The SMILES string of the molecule is O=C(c1cccc(NS(=O)(=O)c2ccccc2)c1)N1CC[C@@H]2CCCC[C@@H]2C1. The highest BCUT2D eigenvalue weighted by Crippen LogP contribution is 2.36. The van der Waals surface area contributed by atoms with Gasteiger partial charge in [-0.05, 0) is 55.0 Å². The first-order valence-electron chi connectivity index (χ1n) is 10.0. The fraction of sp³-hybridized carbons (Fsp3) is 0.409. The Hall–Kier alpha value is -2.34. The van der Waals surface area contributed by atoms with Crippen molar-refractivity contribution in [1.29, 1.82) is 0 Å². The molecule has 0 unspecified atom stereocenters. The lowest BCUT2D eigenvalue weighted by molar-refractivity contribution is 0.0521.